The molecule has 0 N–H and O–H groups in total. The Morgan fingerprint density at radius 1 is 1.00 bits per heavy atom. The molecule has 0 saturated carbocycles. The largest absolute Gasteiger partial charge is 0.416 e. The molecule has 0 unspecified atom stereocenters. The summed E-state index contributed by atoms with van der Waals surface area (Å²) in [7, 11) is 1.87. The maximum atomic E-state index is 12.8. The fourth-order valence-corrected chi connectivity index (χ4v) is 2.37. The minimum Gasteiger partial charge on any atom is -0.348 e. The second kappa shape index (κ2) is 4.75. The van der Waals surface area contributed by atoms with Crippen LogP contribution in [0.15, 0.2) is 12.1 Å². The first-order chi connectivity index (χ1) is 7.75. The predicted octanol–water partition coefficient (Wildman–Crippen LogP) is 4.74. The quantitative estimate of drug-likeness (QED) is 0.592. The normalized spacial score (nSPS) is 11.7. The van der Waals surface area contributed by atoms with Crippen molar-refractivity contribution in [2.45, 2.75) is 26.9 Å². The maximum Gasteiger partial charge on any atom is 0.416 e. The first-order valence-electron chi connectivity index (χ1n) is 5.37. The summed E-state index contributed by atoms with van der Waals surface area (Å²) in [4.78, 5) is 0. The zero-order valence-corrected chi connectivity index (χ0v) is 13.0. The Morgan fingerprint density at radius 3 is 2.06 bits per heavy atom. The molecule has 2 rings (SSSR count). The minimum absolute atomic E-state index is 0. The van der Waals surface area contributed by atoms with Gasteiger partial charge in [-0.05, 0) is 44.0 Å². The Balaban J connectivity index is 0.00000162. The van der Waals surface area contributed by atoms with Gasteiger partial charge in [-0.25, -0.2) is 0 Å². The highest BCUT2D eigenvalue weighted by Gasteiger charge is 2.33. The fourth-order valence-electron chi connectivity index (χ4n) is 2.37. The number of alkyl halides is 3. The number of rotatable bonds is 0. The lowest BCUT2D eigenvalue weighted by atomic mass is 10.0. The molecule has 0 bridgehead atoms. The Kier molecular flexibility index (Phi) is 4.05. The summed E-state index contributed by atoms with van der Waals surface area (Å²) < 4.78 is 40.4. The van der Waals surface area contributed by atoms with E-state index in [2.05, 4.69) is 0 Å². The van der Waals surface area contributed by atoms with Crippen molar-refractivity contribution >= 4 is 34.9 Å². The monoisotopic (exact) mass is 369 g/mol. The minimum atomic E-state index is -4.28. The summed E-state index contributed by atoms with van der Waals surface area (Å²) in [5.74, 6) is 0. The van der Waals surface area contributed by atoms with Gasteiger partial charge in [0.15, 0.2) is 0 Å². The van der Waals surface area contributed by atoms with Crippen molar-refractivity contribution in [1.29, 1.82) is 0 Å². The average molecular weight is 369 g/mol. The molecule has 0 amide bonds. The highest BCUT2D eigenvalue weighted by molar-refractivity contribution is 14.0. The summed E-state index contributed by atoms with van der Waals surface area (Å²) in [6, 6.07) is 2.71. The Labute approximate surface area is 121 Å². The summed E-state index contributed by atoms with van der Waals surface area (Å²) in [6.07, 6.45) is -4.28. The van der Waals surface area contributed by atoms with Gasteiger partial charge in [0, 0.05) is 23.6 Å². The predicted molar refractivity (Wildman–Crippen MR) is 77.5 cm³/mol. The second-order valence-electron chi connectivity index (χ2n) is 4.40. The van der Waals surface area contributed by atoms with E-state index in [4.69, 9.17) is 0 Å². The van der Waals surface area contributed by atoms with Crippen molar-refractivity contribution in [2.75, 3.05) is 0 Å². The van der Waals surface area contributed by atoms with E-state index in [-0.39, 0.29) is 24.0 Å². The van der Waals surface area contributed by atoms with Gasteiger partial charge in [0.2, 0.25) is 0 Å². The van der Waals surface area contributed by atoms with Crippen molar-refractivity contribution < 1.29 is 13.2 Å². The summed E-state index contributed by atoms with van der Waals surface area (Å²) >= 11 is 0. The molecule has 0 aliphatic heterocycles. The van der Waals surface area contributed by atoms with Crippen LogP contribution in [-0.4, -0.2) is 4.57 Å². The van der Waals surface area contributed by atoms with Crippen molar-refractivity contribution in [3.63, 3.8) is 0 Å². The van der Waals surface area contributed by atoms with Crippen LogP contribution < -0.4 is 0 Å². The molecule has 1 heterocycles. The van der Waals surface area contributed by atoms with Crippen LogP contribution in [0, 0.1) is 20.8 Å². The molecular formula is C13H15F3IN. The Bertz CT molecular complexity index is 597. The van der Waals surface area contributed by atoms with E-state index < -0.39 is 11.7 Å². The van der Waals surface area contributed by atoms with Gasteiger partial charge in [-0.2, -0.15) is 13.2 Å². The van der Waals surface area contributed by atoms with Gasteiger partial charge in [-0.1, -0.05) is 0 Å². The van der Waals surface area contributed by atoms with Crippen molar-refractivity contribution in [3.8, 4) is 0 Å². The van der Waals surface area contributed by atoms with Crippen LogP contribution in [0.5, 0.6) is 0 Å². The number of hydrogen-bond acceptors (Lipinski definition) is 0. The summed E-state index contributed by atoms with van der Waals surface area (Å²) in [5, 5.41) is 0.722. The maximum absolute atomic E-state index is 12.8. The van der Waals surface area contributed by atoms with Crippen molar-refractivity contribution in [3.05, 3.63) is 34.5 Å². The lowest BCUT2D eigenvalue weighted by Gasteiger charge is -2.11. The molecule has 18 heavy (non-hydrogen) atoms. The second-order valence-corrected chi connectivity index (χ2v) is 4.40. The molecule has 2 aromatic rings. The molecule has 1 nitrogen and oxygen atoms in total. The fraction of sp³-hybridized carbons (Fsp3) is 0.385. The third-order valence-corrected chi connectivity index (χ3v) is 3.53. The number of nitrogens with zero attached hydrogens (tertiary/aromatic N) is 1. The van der Waals surface area contributed by atoms with E-state index in [1.54, 1.807) is 6.07 Å². The molecule has 0 aliphatic rings. The highest BCUT2D eigenvalue weighted by atomic mass is 127. The molecule has 5 heteroatoms. The van der Waals surface area contributed by atoms with E-state index in [9.17, 15) is 13.2 Å². The summed E-state index contributed by atoms with van der Waals surface area (Å²) in [5.41, 5.74) is 2.55. The molecular weight excluding hydrogens is 354 g/mol. The van der Waals surface area contributed by atoms with Gasteiger partial charge >= 0.3 is 6.18 Å². The molecule has 0 radical (unpaired) electrons. The number of aryl methyl sites for hydroxylation is 3. The van der Waals surface area contributed by atoms with E-state index >= 15 is 0 Å². The van der Waals surface area contributed by atoms with Gasteiger partial charge in [0.05, 0.1) is 5.56 Å². The van der Waals surface area contributed by atoms with E-state index in [1.807, 2.05) is 25.5 Å². The van der Waals surface area contributed by atoms with Crippen molar-refractivity contribution in [1.82, 2.24) is 4.57 Å². The number of fused-ring (bicyclic) bond motifs is 1. The summed E-state index contributed by atoms with van der Waals surface area (Å²) in [6.45, 7) is 5.32. The first kappa shape index (κ1) is 15.3. The first-order valence-corrected chi connectivity index (χ1v) is 5.37. The molecule has 0 spiro atoms. The number of aromatic nitrogens is 1. The van der Waals surface area contributed by atoms with Gasteiger partial charge < -0.3 is 4.57 Å². The molecule has 100 valence electrons. The van der Waals surface area contributed by atoms with Crippen LogP contribution >= 0.6 is 24.0 Å². The van der Waals surface area contributed by atoms with Crippen LogP contribution in [-0.2, 0) is 13.2 Å². The third kappa shape index (κ3) is 2.13. The topological polar surface area (TPSA) is 4.93 Å². The lowest BCUT2D eigenvalue weighted by molar-refractivity contribution is -0.137. The Morgan fingerprint density at radius 2 is 1.56 bits per heavy atom. The van der Waals surface area contributed by atoms with Crippen LogP contribution in [0.3, 0.4) is 0 Å². The number of hydrogen-bond donors (Lipinski definition) is 0. The number of halogens is 4. The molecule has 0 saturated heterocycles. The zero-order valence-electron chi connectivity index (χ0n) is 10.6. The van der Waals surface area contributed by atoms with E-state index in [0.29, 0.717) is 5.56 Å². The third-order valence-electron chi connectivity index (χ3n) is 3.53. The zero-order chi connectivity index (χ0) is 13.0. The SMILES string of the molecule is Cc1c(C(F)(F)F)ccc2c1c(C)c(C)n2C.I. The van der Waals surface area contributed by atoms with Crippen LogP contribution in [0.1, 0.15) is 22.4 Å². The molecule has 0 fully saturated rings. The van der Waals surface area contributed by atoms with Crippen LogP contribution in [0.25, 0.3) is 10.9 Å². The molecule has 1 aromatic heterocycles. The van der Waals surface area contributed by atoms with Crippen LogP contribution in [0.2, 0.25) is 0 Å². The number of benzene rings is 1. The molecule has 1 aromatic carbocycles. The van der Waals surface area contributed by atoms with Crippen molar-refractivity contribution in [2.24, 2.45) is 7.05 Å². The van der Waals surface area contributed by atoms with Gasteiger partial charge in [-0.3, -0.25) is 0 Å². The van der Waals surface area contributed by atoms with Gasteiger partial charge in [0.25, 0.3) is 0 Å². The molecule has 0 atom stereocenters. The van der Waals surface area contributed by atoms with E-state index in [0.717, 1.165) is 28.2 Å². The smallest absolute Gasteiger partial charge is 0.348 e. The average Bonchev–Trinajstić information content (AvgIpc) is 2.43. The van der Waals surface area contributed by atoms with Gasteiger partial charge in [-0.15, -0.1) is 24.0 Å². The van der Waals surface area contributed by atoms with E-state index in [1.165, 1.54) is 6.92 Å². The Hall–Kier alpha value is -0.720. The van der Waals surface area contributed by atoms with Gasteiger partial charge in [0.1, 0.15) is 0 Å². The standard InChI is InChI=1S/C13H14F3N.HI/c1-7-9(3)17(4)11-6-5-10(13(14,15)16)8(2)12(7)11;/h5-6H,1-4H3;1H. The molecule has 0 aliphatic carbocycles. The lowest BCUT2D eigenvalue weighted by Crippen LogP contribution is -2.07. The highest BCUT2D eigenvalue weighted by Crippen LogP contribution is 2.37. The van der Waals surface area contributed by atoms with Crippen LogP contribution in [0.4, 0.5) is 13.2 Å².